The fourth-order valence-electron chi connectivity index (χ4n) is 3.83. The normalized spacial score (nSPS) is 13.7. The van der Waals surface area contributed by atoms with E-state index in [0.29, 0.717) is 42.2 Å². The van der Waals surface area contributed by atoms with Crippen LogP contribution >= 0.6 is 22.9 Å². The fraction of sp³-hybridized carbons (Fsp3) is 0.261. The van der Waals surface area contributed by atoms with Crippen LogP contribution in [0.3, 0.4) is 0 Å². The third kappa shape index (κ3) is 4.88. The highest BCUT2D eigenvalue weighted by Crippen LogP contribution is 2.36. The van der Waals surface area contributed by atoms with Gasteiger partial charge in [0.1, 0.15) is 0 Å². The van der Waals surface area contributed by atoms with Gasteiger partial charge in [-0.1, -0.05) is 11.6 Å². The third-order valence-corrected chi connectivity index (χ3v) is 7.14. The molecule has 5 rings (SSSR count). The van der Waals surface area contributed by atoms with E-state index < -0.39 is 5.91 Å². The summed E-state index contributed by atoms with van der Waals surface area (Å²) >= 11 is 7.88. The molecule has 1 aromatic carbocycles. The predicted molar refractivity (Wildman–Crippen MR) is 139 cm³/mol. The molecule has 0 bridgehead atoms. The molecule has 0 saturated carbocycles. The van der Waals surface area contributed by atoms with E-state index in [2.05, 4.69) is 14.9 Å². The van der Waals surface area contributed by atoms with Gasteiger partial charge in [-0.25, -0.2) is 25.4 Å². The second kappa shape index (κ2) is 10.2. The summed E-state index contributed by atoms with van der Waals surface area (Å²) in [6.07, 6.45) is 2.72. The molecule has 1 amide bonds. The van der Waals surface area contributed by atoms with Crippen LogP contribution in [-0.2, 0) is 11.3 Å². The average Bonchev–Trinajstić information content (AvgIpc) is 3.32. The van der Waals surface area contributed by atoms with Crippen molar-refractivity contribution in [3.63, 3.8) is 0 Å². The largest absolute Gasteiger partial charge is 0.398 e. The molecule has 1 fully saturated rings. The monoisotopic (exact) mass is 526 g/mol. The highest BCUT2D eigenvalue weighted by molar-refractivity contribution is 7.19. The summed E-state index contributed by atoms with van der Waals surface area (Å²) < 4.78 is 6.53. The summed E-state index contributed by atoms with van der Waals surface area (Å²) in [7, 11) is 1.86. The van der Waals surface area contributed by atoms with E-state index in [1.807, 2.05) is 24.1 Å². The number of halogens is 1. The van der Waals surface area contributed by atoms with Crippen molar-refractivity contribution in [2.75, 3.05) is 48.9 Å². The van der Waals surface area contributed by atoms with Crippen molar-refractivity contribution in [2.45, 2.75) is 6.54 Å². The van der Waals surface area contributed by atoms with Gasteiger partial charge >= 0.3 is 0 Å². The van der Waals surface area contributed by atoms with E-state index >= 15 is 0 Å². The highest BCUT2D eigenvalue weighted by Gasteiger charge is 2.21. The summed E-state index contributed by atoms with van der Waals surface area (Å²) in [5, 5.41) is 9.23. The Kier molecular flexibility index (Phi) is 6.83. The summed E-state index contributed by atoms with van der Waals surface area (Å²) in [5.41, 5.74) is 9.75. The number of ether oxygens (including phenoxy) is 1. The van der Waals surface area contributed by atoms with Gasteiger partial charge in [-0.15, -0.1) is 11.3 Å². The minimum Gasteiger partial charge on any atom is -0.398 e. The van der Waals surface area contributed by atoms with Gasteiger partial charge in [0.2, 0.25) is 5.95 Å². The predicted octanol–water partition coefficient (Wildman–Crippen LogP) is 2.98. The molecule has 4 N–H and O–H groups in total. The summed E-state index contributed by atoms with van der Waals surface area (Å²) in [4.78, 5) is 34.9. The fourth-order valence-corrected chi connectivity index (χ4v) is 5.18. The molecule has 1 aliphatic rings. The molecule has 0 unspecified atom stereocenters. The number of carbonyl (C=O) groups excluding carboxylic acids is 1. The average molecular weight is 527 g/mol. The number of benzene rings is 1. The zero-order chi connectivity index (χ0) is 25.2. The molecule has 1 aliphatic heterocycles. The molecule has 186 valence electrons. The van der Waals surface area contributed by atoms with Gasteiger partial charge in [0.25, 0.3) is 5.91 Å². The first-order valence-corrected chi connectivity index (χ1v) is 12.3. The van der Waals surface area contributed by atoms with Gasteiger partial charge in [0.15, 0.2) is 11.6 Å². The van der Waals surface area contributed by atoms with Crippen LogP contribution in [0.4, 0.5) is 17.5 Å². The number of hydrogen-bond acceptors (Lipinski definition) is 11. The number of anilines is 3. The Balaban J connectivity index is 1.49. The molecule has 0 aliphatic carbocycles. The number of nitrogens with one attached hydrogen (secondary N) is 1. The van der Waals surface area contributed by atoms with Crippen molar-refractivity contribution in [3.05, 3.63) is 52.1 Å². The van der Waals surface area contributed by atoms with Gasteiger partial charge < -0.3 is 20.3 Å². The van der Waals surface area contributed by atoms with Gasteiger partial charge in [0.05, 0.1) is 46.2 Å². The van der Waals surface area contributed by atoms with E-state index in [4.69, 9.17) is 37.2 Å². The van der Waals surface area contributed by atoms with Crippen LogP contribution in [0.5, 0.6) is 0 Å². The van der Waals surface area contributed by atoms with Crippen LogP contribution in [-0.4, -0.2) is 64.4 Å². The molecule has 0 atom stereocenters. The molecule has 0 spiro atoms. The van der Waals surface area contributed by atoms with Crippen LogP contribution in [0.1, 0.15) is 15.2 Å². The van der Waals surface area contributed by atoms with E-state index in [9.17, 15) is 4.79 Å². The first-order chi connectivity index (χ1) is 17.4. The molecule has 4 heterocycles. The van der Waals surface area contributed by atoms with Crippen LogP contribution in [0.2, 0.25) is 5.02 Å². The van der Waals surface area contributed by atoms with Gasteiger partial charge in [-0.3, -0.25) is 10.0 Å². The smallest absolute Gasteiger partial charge is 0.277 e. The van der Waals surface area contributed by atoms with Gasteiger partial charge in [-0.2, -0.15) is 0 Å². The maximum Gasteiger partial charge on any atom is 0.277 e. The van der Waals surface area contributed by atoms with Crippen LogP contribution in [0, 0.1) is 0 Å². The number of carbonyl (C=O) groups is 1. The minimum atomic E-state index is -0.666. The number of hydrogen-bond donors (Lipinski definition) is 3. The lowest BCUT2D eigenvalue weighted by Gasteiger charge is -2.28. The van der Waals surface area contributed by atoms with Crippen LogP contribution in [0.15, 0.2) is 36.7 Å². The van der Waals surface area contributed by atoms with Gasteiger partial charge in [0, 0.05) is 43.0 Å². The first kappa shape index (κ1) is 24.1. The molecule has 13 heteroatoms. The lowest BCUT2D eigenvalue weighted by molar-refractivity contribution is 0.0705. The van der Waals surface area contributed by atoms with Gasteiger partial charge in [-0.05, 0) is 24.3 Å². The Morgan fingerprint density at radius 2 is 2.00 bits per heavy atom. The van der Waals surface area contributed by atoms with Crippen molar-refractivity contribution < 1.29 is 14.7 Å². The van der Waals surface area contributed by atoms with Crippen molar-refractivity contribution in [1.82, 2.24) is 25.4 Å². The Labute approximate surface area is 215 Å². The number of amides is 1. The molecular weight excluding hydrogens is 504 g/mol. The number of fused-ring (bicyclic) bond motifs is 1. The Morgan fingerprint density at radius 3 is 2.69 bits per heavy atom. The van der Waals surface area contributed by atoms with Crippen molar-refractivity contribution >= 4 is 56.5 Å². The maximum atomic E-state index is 11.5. The molecule has 11 nitrogen and oxygen atoms in total. The number of thiophene rings is 1. The second-order valence-corrected chi connectivity index (χ2v) is 9.75. The quantitative estimate of drug-likeness (QED) is 0.195. The van der Waals surface area contributed by atoms with Crippen molar-refractivity contribution in [2.24, 2.45) is 0 Å². The summed E-state index contributed by atoms with van der Waals surface area (Å²) in [5.74, 6) is 1.21. The zero-order valence-electron chi connectivity index (χ0n) is 19.3. The molecule has 0 radical (unpaired) electrons. The molecule has 1 saturated heterocycles. The van der Waals surface area contributed by atoms with E-state index in [-0.39, 0.29) is 5.56 Å². The Bertz CT molecular complexity index is 1410. The van der Waals surface area contributed by atoms with Crippen LogP contribution in [0.25, 0.3) is 21.6 Å². The van der Waals surface area contributed by atoms with E-state index in [1.54, 1.807) is 28.9 Å². The maximum absolute atomic E-state index is 11.5. The molecule has 3 aromatic heterocycles. The lowest BCUT2D eigenvalue weighted by atomic mass is 10.2. The number of rotatable bonds is 6. The molecular formula is C23H23ClN8O3S. The molecule has 4 aromatic rings. The number of aromatic nitrogens is 4. The van der Waals surface area contributed by atoms with E-state index in [1.165, 1.54) is 12.4 Å². The number of nitrogen functional groups attached to an aromatic ring is 1. The SMILES string of the molecule is CN(Cc1cc2nc(-c3ccc(N)c(Cl)c3)nc(N3CCOCC3)c2s1)c1ncc(C(=O)NO)cn1. The Hall–Kier alpha value is -3.58. The van der Waals surface area contributed by atoms with Crippen molar-refractivity contribution in [1.29, 1.82) is 0 Å². The topological polar surface area (TPSA) is 143 Å². The van der Waals surface area contributed by atoms with Crippen molar-refractivity contribution in [3.8, 4) is 11.4 Å². The second-order valence-electron chi connectivity index (χ2n) is 8.20. The molecule has 36 heavy (non-hydrogen) atoms. The first-order valence-electron chi connectivity index (χ1n) is 11.1. The van der Waals surface area contributed by atoms with Crippen LogP contribution < -0.4 is 21.0 Å². The third-order valence-electron chi connectivity index (χ3n) is 5.71. The summed E-state index contributed by atoms with van der Waals surface area (Å²) in [6, 6.07) is 7.44. The lowest BCUT2D eigenvalue weighted by Crippen LogP contribution is -2.36. The standard InChI is InChI=1S/C23H23ClN8O3S/c1-31(23-26-10-14(11-27-23)22(33)30-34)12-15-9-18-19(36-15)21(32-4-6-35-7-5-32)29-20(28-18)13-2-3-17(25)16(24)8-13/h2-3,8-11,34H,4-7,12,25H2,1H3,(H,30,33). The number of nitrogens with two attached hydrogens (primary N) is 1. The number of nitrogens with zero attached hydrogens (tertiary/aromatic N) is 6. The zero-order valence-corrected chi connectivity index (χ0v) is 20.9. The van der Waals surface area contributed by atoms with E-state index in [0.717, 1.165) is 39.6 Å². The minimum absolute atomic E-state index is 0.164. The highest BCUT2D eigenvalue weighted by atomic mass is 35.5. The number of hydroxylamine groups is 1. The Morgan fingerprint density at radius 1 is 1.25 bits per heavy atom. The summed E-state index contributed by atoms with van der Waals surface area (Å²) in [6.45, 7) is 3.28. The number of morpholine rings is 1.